The average Bonchev–Trinajstić information content (AvgIpc) is 3.12. The molecule has 0 saturated heterocycles. The Bertz CT molecular complexity index is 559. The number of halogens is 1. The molecule has 0 radical (unpaired) electrons. The van der Waals surface area contributed by atoms with Gasteiger partial charge in [-0.1, -0.05) is 23.8 Å². The second-order valence-electron chi connectivity index (χ2n) is 4.61. The molecule has 0 N–H and O–H groups in total. The van der Waals surface area contributed by atoms with Gasteiger partial charge in [0, 0.05) is 7.05 Å². The van der Waals surface area contributed by atoms with Gasteiger partial charge < -0.3 is 0 Å². The lowest BCUT2D eigenvalue weighted by Gasteiger charge is -2.19. The third-order valence-corrected chi connectivity index (χ3v) is 6.17. The summed E-state index contributed by atoms with van der Waals surface area (Å²) >= 11 is 2.09. The summed E-state index contributed by atoms with van der Waals surface area (Å²) in [5, 5.41) is 0. The van der Waals surface area contributed by atoms with Crippen LogP contribution >= 0.6 is 22.6 Å². The predicted octanol–water partition coefficient (Wildman–Crippen LogP) is 3.30. The molecule has 0 unspecified atom stereocenters. The maximum atomic E-state index is 12.4. The van der Waals surface area contributed by atoms with E-state index in [0.29, 0.717) is 10.8 Å². The molecule has 3 nitrogen and oxygen atoms in total. The minimum Gasteiger partial charge on any atom is -0.264 e. The van der Waals surface area contributed by atoms with Crippen molar-refractivity contribution in [2.75, 3.05) is 7.05 Å². The lowest BCUT2D eigenvalue weighted by molar-refractivity contribution is 0.536. The fraction of sp³-hybridized carbons (Fsp3) is 0.385. The van der Waals surface area contributed by atoms with Crippen molar-refractivity contribution in [3.8, 4) is 0 Å². The number of sulfonamides is 1. The standard InChI is InChI=1S/C13H16INO2S/c1-10-3-7-12(8-4-10)18(16,17)15(2)13(14)9-11-5-6-11/h3-4,7-9,11H,5-6H2,1-2H3/b13-9-. The summed E-state index contributed by atoms with van der Waals surface area (Å²) in [5.74, 6) is 0.563. The highest BCUT2D eigenvalue weighted by molar-refractivity contribution is 14.1. The number of hydrogen-bond donors (Lipinski definition) is 0. The van der Waals surface area contributed by atoms with E-state index in [-0.39, 0.29) is 0 Å². The number of nitrogens with zero attached hydrogens (tertiary/aromatic N) is 1. The minimum absolute atomic E-state index is 0.342. The molecule has 98 valence electrons. The number of hydrogen-bond acceptors (Lipinski definition) is 2. The molecule has 1 aliphatic rings. The number of benzene rings is 1. The summed E-state index contributed by atoms with van der Waals surface area (Å²) in [5.41, 5.74) is 1.06. The first-order chi connectivity index (χ1) is 8.41. The molecular formula is C13H16INO2S. The third-order valence-electron chi connectivity index (χ3n) is 2.98. The highest BCUT2D eigenvalue weighted by Gasteiger charge is 2.25. The molecule has 0 amide bonds. The lowest BCUT2D eigenvalue weighted by atomic mass is 10.2. The quantitative estimate of drug-likeness (QED) is 0.597. The molecule has 0 aromatic heterocycles. The van der Waals surface area contributed by atoms with Gasteiger partial charge in [-0.2, -0.15) is 0 Å². The van der Waals surface area contributed by atoms with Crippen molar-refractivity contribution in [3.63, 3.8) is 0 Å². The molecule has 0 atom stereocenters. The van der Waals surface area contributed by atoms with Crippen LogP contribution in [-0.4, -0.2) is 19.8 Å². The van der Waals surface area contributed by atoms with Crippen LogP contribution < -0.4 is 0 Å². The van der Waals surface area contributed by atoms with Gasteiger partial charge in [0.25, 0.3) is 10.0 Å². The second kappa shape index (κ2) is 5.21. The molecule has 0 bridgehead atoms. The number of aryl methyl sites for hydroxylation is 1. The van der Waals surface area contributed by atoms with Crippen LogP contribution in [0.15, 0.2) is 38.9 Å². The van der Waals surface area contributed by atoms with Crippen LogP contribution in [0.4, 0.5) is 0 Å². The van der Waals surface area contributed by atoms with E-state index in [9.17, 15) is 8.42 Å². The molecule has 0 heterocycles. The largest absolute Gasteiger partial charge is 0.264 e. The van der Waals surface area contributed by atoms with Gasteiger partial charge >= 0.3 is 0 Å². The minimum atomic E-state index is -3.42. The molecule has 1 saturated carbocycles. The Morgan fingerprint density at radius 2 is 1.89 bits per heavy atom. The van der Waals surface area contributed by atoms with Crippen molar-refractivity contribution in [1.29, 1.82) is 0 Å². The van der Waals surface area contributed by atoms with E-state index < -0.39 is 10.0 Å². The van der Waals surface area contributed by atoms with Crippen molar-refractivity contribution >= 4 is 32.6 Å². The van der Waals surface area contributed by atoms with Crippen LogP contribution in [0.3, 0.4) is 0 Å². The zero-order valence-corrected chi connectivity index (χ0v) is 13.4. The van der Waals surface area contributed by atoms with Gasteiger partial charge in [-0.05, 0) is 60.4 Å². The van der Waals surface area contributed by atoms with E-state index >= 15 is 0 Å². The fourth-order valence-corrected chi connectivity index (χ4v) is 3.92. The molecule has 1 fully saturated rings. The topological polar surface area (TPSA) is 37.4 Å². The van der Waals surface area contributed by atoms with Crippen LogP contribution in [0.1, 0.15) is 18.4 Å². The molecular weight excluding hydrogens is 361 g/mol. The molecule has 1 aromatic carbocycles. The molecule has 2 rings (SSSR count). The highest BCUT2D eigenvalue weighted by atomic mass is 127. The van der Waals surface area contributed by atoms with Crippen LogP contribution in [0.25, 0.3) is 0 Å². The predicted molar refractivity (Wildman–Crippen MR) is 81.0 cm³/mol. The maximum Gasteiger partial charge on any atom is 0.264 e. The van der Waals surface area contributed by atoms with Crippen molar-refractivity contribution in [2.24, 2.45) is 5.92 Å². The van der Waals surface area contributed by atoms with Crippen LogP contribution in [0, 0.1) is 12.8 Å². The molecule has 1 aromatic rings. The van der Waals surface area contributed by atoms with Crippen molar-refractivity contribution in [3.05, 3.63) is 39.6 Å². The summed E-state index contributed by atoms with van der Waals surface area (Å²) < 4.78 is 26.9. The lowest BCUT2D eigenvalue weighted by Crippen LogP contribution is -2.24. The van der Waals surface area contributed by atoms with Gasteiger partial charge in [0.1, 0.15) is 0 Å². The Balaban J connectivity index is 2.27. The van der Waals surface area contributed by atoms with Crippen LogP contribution in [0.5, 0.6) is 0 Å². The Labute approximate surface area is 122 Å². The number of rotatable bonds is 4. The van der Waals surface area contributed by atoms with Gasteiger partial charge in [0.2, 0.25) is 0 Å². The zero-order chi connectivity index (χ0) is 13.3. The summed E-state index contributed by atoms with van der Waals surface area (Å²) in [6.45, 7) is 1.94. The summed E-state index contributed by atoms with van der Waals surface area (Å²) in [7, 11) is -1.81. The Morgan fingerprint density at radius 3 is 2.39 bits per heavy atom. The first-order valence-corrected chi connectivity index (χ1v) is 8.36. The van der Waals surface area contributed by atoms with E-state index in [4.69, 9.17) is 0 Å². The van der Waals surface area contributed by atoms with E-state index in [0.717, 1.165) is 9.27 Å². The molecule has 5 heteroatoms. The number of allylic oxidation sites excluding steroid dienone is 1. The molecule has 18 heavy (non-hydrogen) atoms. The highest BCUT2D eigenvalue weighted by Crippen LogP contribution is 2.34. The van der Waals surface area contributed by atoms with Crippen molar-refractivity contribution in [1.82, 2.24) is 4.31 Å². The second-order valence-corrected chi connectivity index (χ2v) is 7.69. The molecule has 1 aliphatic carbocycles. The van der Waals surface area contributed by atoms with E-state index in [2.05, 4.69) is 22.6 Å². The third kappa shape index (κ3) is 3.06. The van der Waals surface area contributed by atoms with Gasteiger partial charge in [0.15, 0.2) is 0 Å². The summed E-state index contributed by atoms with van der Waals surface area (Å²) in [6, 6.07) is 6.95. The normalized spacial score (nSPS) is 16.7. The van der Waals surface area contributed by atoms with Crippen LogP contribution in [0.2, 0.25) is 0 Å². The average molecular weight is 377 g/mol. The van der Waals surface area contributed by atoms with Crippen LogP contribution in [-0.2, 0) is 10.0 Å². The Hall–Kier alpha value is -0.560. The van der Waals surface area contributed by atoms with Gasteiger partial charge in [-0.25, -0.2) is 8.42 Å². The van der Waals surface area contributed by atoms with E-state index in [1.165, 1.54) is 17.1 Å². The van der Waals surface area contributed by atoms with Crippen molar-refractivity contribution < 1.29 is 8.42 Å². The Morgan fingerprint density at radius 1 is 1.33 bits per heavy atom. The van der Waals surface area contributed by atoms with Gasteiger partial charge in [-0.15, -0.1) is 0 Å². The summed E-state index contributed by atoms with van der Waals surface area (Å²) in [4.78, 5) is 0.342. The monoisotopic (exact) mass is 377 g/mol. The fourth-order valence-electron chi connectivity index (χ4n) is 1.55. The van der Waals surface area contributed by atoms with Crippen molar-refractivity contribution in [2.45, 2.75) is 24.7 Å². The maximum absolute atomic E-state index is 12.4. The smallest absolute Gasteiger partial charge is 0.264 e. The van der Waals surface area contributed by atoms with E-state index in [1.54, 1.807) is 19.2 Å². The van der Waals surface area contributed by atoms with Gasteiger partial charge in [-0.3, -0.25) is 4.31 Å². The zero-order valence-electron chi connectivity index (χ0n) is 10.4. The molecule has 0 spiro atoms. The first-order valence-electron chi connectivity index (χ1n) is 5.84. The SMILES string of the molecule is Cc1ccc(S(=O)(=O)N(C)/C(I)=C\C2CC2)cc1. The van der Waals surface area contributed by atoms with E-state index in [1.807, 2.05) is 25.1 Å². The Kier molecular flexibility index (Phi) is 4.01. The van der Waals surface area contributed by atoms with Gasteiger partial charge in [0.05, 0.1) is 8.60 Å². The summed E-state index contributed by atoms with van der Waals surface area (Å²) in [6.07, 6.45) is 4.38. The molecule has 0 aliphatic heterocycles. The first kappa shape index (κ1) is 13.9.